The second kappa shape index (κ2) is 7.41. The van der Waals surface area contributed by atoms with Crippen molar-refractivity contribution in [3.05, 3.63) is 52.0 Å². The van der Waals surface area contributed by atoms with E-state index in [4.69, 9.17) is 4.74 Å². The fourth-order valence-corrected chi connectivity index (χ4v) is 2.81. The van der Waals surface area contributed by atoms with Crippen LogP contribution in [0.15, 0.2) is 35.7 Å². The molecule has 1 atom stereocenters. The van der Waals surface area contributed by atoms with Gasteiger partial charge in [0.05, 0.1) is 6.61 Å². The topological polar surface area (TPSA) is 21.3 Å². The van der Waals surface area contributed by atoms with Crippen LogP contribution in [-0.4, -0.2) is 13.2 Å². The molecule has 1 heterocycles. The SMILES string of the molecule is CCNC(C)c1ccc(F)cc1OCCc1cccs1. The molecule has 0 fully saturated rings. The summed E-state index contributed by atoms with van der Waals surface area (Å²) in [7, 11) is 0. The predicted molar refractivity (Wildman–Crippen MR) is 82.0 cm³/mol. The average Bonchev–Trinajstić information content (AvgIpc) is 2.92. The molecule has 1 aromatic heterocycles. The highest BCUT2D eigenvalue weighted by Gasteiger charge is 2.12. The van der Waals surface area contributed by atoms with Crippen molar-refractivity contribution >= 4 is 11.3 Å². The number of hydrogen-bond donors (Lipinski definition) is 1. The van der Waals surface area contributed by atoms with Crippen LogP contribution >= 0.6 is 11.3 Å². The van der Waals surface area contributed by atoms with E-state index in [-0.39, 0.29) is 11.9 Å². The van der Waals surface area contributed by atoms with Crippen molar-refractivity contribution in [2.75, 3.05) is 13.2 Å². The molecule has 1 unspecified atom stereocenters. The minimum atomic E-state index is -0.261. The summed E-state index contributed by atoms with van der Waals surface area (Å²) in [4.78, 5) is 1.28. The molecule has 0 spiro atoms. The molecule has 0 saturated heterocycles. The molecule has 20 heavy (non-hydrogen) atoms. The maximum absolute atomic E-state index is 13.4. The first-order chi connectivity index (χ1) is 9.70. The number of ether oxygens (including phenoxy) is 1. The molecule has 0 radical (unpaired) electrons. The van der Waals surface area contributed by atoms with E-state index in [9.17, 15) is 4.39 Å². The number of benzene rings is 1. The first kappa shape index (κ1) is 15.0. The van der Waals surface area contributed by atoms with Crippen molar-refractivity contribution in [2.45, 2.75) is 26.3 Å². The molecular weight excluding hydrogens is 273 g/mol. The van der Waals surface area contributed by atoms with Gasteiger partial charge in [-0.3, -0.25) is 0 Å². The molecule has 0 aliphatic heterocycles. The minimum absolute atomic E-state index is 0.150. The predicted octanol–water partition coefficient (Wildman–Crippen LogP) is 4.18. The first-order valence-corrected chi connectivity index (χ1v) is 7.76. The van der Waals surface area contributed by atoms with Crippen LogP contribution in [0.25, 0.3) is 0 Å². The van der Waals surface area contributed by atoms with Gasteiger partial charge in [-0.25, -0.2) is 4.39 Å². The molecular formula is C16H20FNOS. The quantitative estimate of drug-likeness (QED) is 0.827. The highest BCUT2D eigenvalue weighted by atomic mass is 32.1. The maximum atomic E-state index is 13.4. The summed E-state index contributed by atoms with van der Waals surface area (Å²) in [5.41, 5.74) is 0.999. The summed E-state index contributed by atoms with van der Waals surface area (Å²) in [6, 6.07) is 9.01. The summed E-state index contributed by atoms with van der Waals surface area (Å²) >= 11 is 1.71. The van der Waals surface area contributed by atoms with E-state index in [1.54, 1.807) is 17.4 Å². The Bertz CT molecular complexity index is 527. The van der Waals surface area contributed by atoms with Gasteiger partial charge in [0.1, 0.15) is 11.6 Å². The van der Waals surface area contributed by atoms with Gasteiger partial charge < -0.3 is 10.1 Å². The van der Waals surface area contributed by atoms with Crippen molar-refractivity contribution in [1.29, 1.82) is 0 Å². The minimum Gasteiger partial charge on any atom is -0.493 e. The lowest BCUT2D eigenvalue weighted by Crippen LogP contribution is -2.19. The number of rotatable bonds is 7. The number of hydrogen-bond acceptors (Lipinski definition) is 3. The third-order valence-electron chi connectivity index (χ3n) is 3.14. The third-order valence-corrected chi connectivity index (χ3v) is 4.07. The van der Waals surface area contributed by atoms with Crippen LogP contribution in [-0.2, 0) is 6.42 Å². The zero-order valence-electron chi connectivity index (χ0n) is 11.9. The van der Waals surface area contributed by atoms with Gasteiger partial charge in [-0.15, -0.1) is 11.3 Å². The van der Waals surface area contributed by atoms with E-state index in [2.05, 4.69) is 30.6 Å². The van der Waals surface area contributed by atoms with Crippen LogP contribution in [0, 0.1) is 5.82 Å². The number of nitrogens with one attached hydrogen (secondary N) is 1. The molecule has 0 saturated carbocycles. The monoisotopic (exact) mass is 293 g/mol. The summed E-state index contributed by atoms with van der Waals surface area (Å²) in [5.74, 6) is 0.374. The Balaban J connectivity index is 2.03. The number of thiophene rings is 1. The lowest BCUT2D eigenvalue weighted by molar-refractivity contribution is 0.314. The van der Waals surface area contributed by atoms with Gasteiger partial charge in [0.25, 0.3) is 0 Å². The Morgan fingerprint density at radius 2 is 2.20 bits per heavy atom. The smallest absolute Gasteiger partial charge is 0.126 e. The molecule has 0 amide bonds. The maximum Gasteiger partial charge on any atom is 0.126 e. The van der Waals surface area contributed by atoms with Gasteiger partial charge >= 0.3 is 0 Å². The molecule has 108 valence electrons. The van der Waals surface area contributed by atoms with Gasteiger partial charge in [0.2, 0.25) is 0 Å². The van der Waals surface area contributed by atoms with E-state index < -0.39 is 0 Å². The van der Waals surface area contributed by atoms with E-state index in [1.165, 1.54) is 17.0 Å². The van der Waals surface area contributed by atoms with E-state index in [0.29, 0.717) is 12.4 Å². The van der Waals surface area contributed by atoms with Crippen LogP contribution < -0.4 is 10.1 Å². The Morgan fingerprint density at radius 3 is 2.90 bits per heavy atom. The second-order valence-corrected chi connectivity index (χ2v) is 5.67. The zero-order valence-corrected chi connectivity index (χ0v) is 12.7. The van der Waals surface area contributed by atoms with Gasteiger partial charge in [-0.2, -0.15) is 0 Å². The Labute approximate surface area is 123 Å². The highest BCUT2D eigenvalue weighted by molar-refractivity contribution is 7.09. The standard InChI is InChI=1S/C16H20FNOS/c1-3-18-12(2)15-7-6-13(17)11-16(15)19-9-8-14-5-4-10-20-14/h4-7,10-12,18H,3,8-9H2,1-2H3. The van der Waals surface area contributed by atoms with Crippen molar-refractivity contribution < 1.29 is 9.13 Å². The van der Waals surface area contributed by atoms with Crippen LogP contribution in [0.1, 0.15) is 30.3 Å². The average molecular weight is 293 g/mol. The normalized spacial score (nSPS) is 12.3. The first-order valence-electron chi connectivity index (χ1n) is 6.88. The molecule has 0 aliphatic carbocycles. The second-order valence-electron chi connectivity index (χ2n) is 4.64. The van der Waals surface area contributed by atoms with E-state index in [0.717, 1.165) is 18.5 Å². The molecule has 2 aromatic rings. The lowest BCUT2D eigenvalue weighted by atomic mass is 10.1. The van der Waals surface area contributed by atoms with E-state index >= 15 is 0 Å². The molecule has 2 rings (SSSR count). The van der Waals surface area contributed by atoms with Crippen LogP contribution in [0.3, 0.4) is 0 Å². The van der Waals surface area contributed by atoms with Crippen LogP contribution in [0.2, 0.25) is 0 Å². The molecule has 1 aromatic carbocycles. The van der Waals surface area contributed by atoms with Crippen molar-refractivity contribution in [3.63, 3.8) is 0 Å². The Kier molecular flexibility index (Phi) is 5.56. The fourth-order valence-electron chi connectivity index (χ4n) is 2.12. The van der Waals surface area contributed by atoms with E-state index in [1.807, 2.05) is 6.07 Å². The molecule has 0 bridgehead atoms. The third kappa shape index (κ3) is 4.05. The summed E-state index contributed by atoms with van der Waals surface area (Å²) < 4.78 is 19.2. The van der Waals surface area contributed by atoms with Gasteiger partial charge in [0.15, 0.2) is 0 Å². The highest BCUT2D eigenvalue weighted by Crippen LogP contribution is 2.26. The van der Waals surface area contributed by atoms with Crippen molar-refractivity contribution in [3.8, 4) is 5.75 Å². The molecule has 0 aliphatic rings. The van der Waals surface area contributed by atoms with Gasteiger partial charge in [0, 0.05) is 29.0 Å². The van der Waals surface area contributed by atoms with Gasteiger partial charge in [-0.05, 0) is 31.0 Å². The largest absolute Gasteiger partial charge is 0.493 e. The molecule has 1 N–H and O–H groups in total. The summed E-state index contributed by atoms with van der Waals surface area (Å²) in [5, 5.41) is 5.38. The summed E-state index contributed by atoms with van der Waals surface area (Å²) in [6.07, 6.45) is 0.850. The Hall–Kier alpha value is -1.39. The Morgan fingerprint density at radius 1 is 1.35 bits per heavy atom. The molecule has 4 heteroatoms. The lowest BCUT2D eigenvalue weighted by Gasteiger charge is -2.17. The fraction of sp³-hybridized carbons (Fsp3) is 0.375. The van der Waals surface area contributed by atoms with Crippen molar-refractivity contribution in [2.24, 2.45) is 0 Å². The zero-order chi connectivity index (χ0) is 14.4. The molecule has 2 nitrogen and oxygen atoms in total. The number of halogens is 1. The van der Waals surface area contributed by atoms with Crippen molar-refractivity contribution in [1.82, 2.24) is 5.32 Å². The van der Waals surface area contributed by atoms with Gasteiger partial charge in [-0.1, -0.05) is 19.1 Å². The van der Waals surface area contributed by atoms with Crippen LogP contribution in [0.4, 0.5) is 4.39 Å². The summed E-state index contributed by atoms with van der Waals surface area (Å²) in [6.45, 7) is 5.54. The van der Waals surface area contributed by atoms with Crippen LogP contribution in [0.5, 0.6) is 5.75 Å².